The van der Waals surface area contributed by atoms with E-state index >= 15 is 0 Å². The fourth-order valence-electron chi connectivity index (χ4n) is 2.86. The number of hydrogen-bond acceptors (Lipinski definition) is 7. The molecule has 114 valence electrons. The maximum atomic E-state index is 12.0. The van der Waals surface area contributed by atoms with E-state index in [9.17, 15) is 19.2 Å². The average Bonchev–Trinajstić information content (AvgIpc) is 2.56. The Labute approximate surface area is 129 Å². The SMILES string of the molecule is O=C1OC(=O)C12C=CC(Oc1ccccc1)=CC21C(=O)OC1=O. The maximum absolute atomic E-state index is 12.0. The molecule has 2 spiro atoms. The van der Waals surface area contributed by atoms with Crippen LogP contribution < -0.4 is 4.74 Å². The molecule has 1 aromatic carbocycles. The molecule has 0 radical (unpaired) electrons. The molecule has 2 fully saturated rings. The van der Waals surface area contributed by atoms with E-state index in [1.807, 2.05) is 0 Å². The molecule has 7 heteroatoms. The molecule has 1 aliphatic carbocycles. The summed E-state index contributed by atoms with van der Waals surface area (Å²) in [7, 11) is 0. The Kier molecular flexibility index (Phi) is 2.43. The lowest BCUT2D eigenvalue weighted by Gasteiger charge is -2.49. The van der Waals surface area contributed by atoms with Crippen molar-refractivity contribution in [2.45, 2.75) is 0 Å². The number of benzene rings is 1. The van der Waals surface area contributed by atoms with Gasteiger partial charge in [-0.05, 0) is 24.3 Å². The summed E-state index contributed by atoms with van der Waals surface area (Å²) in [6, 6.07) is 8.64. The van der Waals surface area contributed by atoms with Crippen LogP contribution >= 0.6 is 0 Å². The van der Waals surface area contributed by atoms with E-state index in [0.29, 0.717) is 5.75 Å². The van der Waals surface area contributed by atoms with E-state index in [1.165, 1.54) is 6.08 Å². The van der Waals surface area contributed by atoms with E-state index in [1.54, 1.807) is 30.3 Å². The van der Waals surface area contributed by atoms with E-state index in [0.717, 1.165) is 12.2 Å². The number of ether oxygens (including phenoxy) is 3. The van der Waals surface area contributed by atoms with Gasteiger partial charge in [0.2, 0.25) is 10.8 Å². The molecule has 0 saturated carbocycles. The number of rotatable bonds is 2. The third kappa shape index (κ3) is 1.43. The molecule has 0 amide bonds. The van der Waals surface area contributed by atoms with Crippen LogP contribution in [-0.4, -0.2) is 23.9 Å². The maximum Gasteiger partial charge on any atom is 0.337 e. The number of carbonyl (C=O) groups excluding carboxylic acids is 4. The average molecular weight is 312 g/mol. The van der Waals surface area contributed by atoms with Gasteiger partial charge in [-0.25, -0.2) is 19.2 Å². The van der Waals surface area contributed by atoms with Gasteiger partial charge in [-0.15, -0.1) is 0 Å². The molecule has 2 heterocycles. The highest BCUT2D eigenvalue weighted by molar-refractivity contribution is 6.29. The van der Waals surface area contributed by atoms with Gasteiger partial charge in [-0.1, -0.05) is 24.3 Å². The molecule has 1 aromatic rings. The molecular weight excluding hydrogens is 304 g/mol. The third-order valence-electron chi connectivity index (χ3n) is 4.12. The molecule has 0 unspecified atom stereocenters. The van der Waals surface area contributed by atoms with Gasteiger partial charge in [0.25, 0.3) is 0 Å². The van der Waals surface area contributed by atoms with Gasteiger partial charge in [-0.3, -0.25) is 0 Å². The summed E-state index contributed by atoms with van der Waals surface area (Å²) in [5.74, 6) is -3.26. The van der Waals surface area contributed by atoms with Crippen molar-refractivity contribution in [2.75, 3.05) is 0 Å². The highest BCUT2D eigenvalue weighted by Crippen LogP contribution is 2.57. The Hall–Kier alpha value is -3.22. The van der Waals surface area contributed by atoms with Crippen LogP contribution in [0.3, 0.4) is 0 Å². The van der Waals surface area contributed by atoms with Crippen LogP contribution in [0.1, 0.15) is 0 Å². The second-order valence-electron chi connectivity index (χ2n) is 5.27. The third-order valence-corrected chi connectivity index (χ3v) is 4.12. The largest absolute Gasteiger partial charge is 0.458 e. The predicted octanol–water partition coefficient (Wildman–Crippen LogP) is 0.659. The standard InChI is InChI=1S/C16H8O7/c17-11-15(12(18)22-11)7-6-10(21-9-4-2-1-3-5-9)8-16(15)13(19)23-14(16)20/h1-8H. The Morgan fingerprint density at radius 3 is 1.87 bits per heavy atom. The summed E-state index contributed by atoms with van der Waals surface area (Å²) in [4.78, 5) is 47.7. The lowest BCUT2D eigenvalue weighted by Crippen LogP contribution is -2.72. The lowest BCUT2D eigenvalue weighted by atomic mass is 9.56. The second kappa shape index (κ2) is 4.16. The molecule has 7 nitrogen and oxygen atoms in total. The minimum Gasteiger partial charge on any atom is -0.458 e. The molecule has 3 aliphatic rings. The van der Waals surface area contributed by atoms with Crippen LogP contribution in [-0.2, 0) is 28.7 Å². The first-order chi connectivity index (χ1) is 11.0. The number of esters is 4. The lowest BCUT2D eigenvalue weighted by molar-refractivity contribution is -0.223. The van der Waals surface area contributed by atoms with Gasteiger partial charge >= 0.3 is 23.9 Å². The monoisotopic (exact) mass is 312 g/mol. The van der Waals surface area contributed by atoms with E-state index < -0.39 is 34.7 Å². The fourth-order valence-corrected chi connectivity index (χ4v) is 2.86. The number of hydrogen-bond donors (Lipinski definition) is 0. The Morgan fingerprint density at radius 1 is 0.783 bits per heavy atom. The molecule has 23 heavy (non-hydrogen) atoms. The quantitative estimate of drug-likeness (QED) is 0.584. The topological polar surface area (TPSA) is 96.0 Å². The van der Waals surface area contributed by atoms with Crippen molar-refractivity contribution in [1.82, 2.24) is 0 Å². The van der Waals surface area contributed by atoms with Crippen LogP contribution in [0.2, 0.25) is 0 Å². The first kappa shape index (κ1) is 13.4. The molecule has 2 saturated heterocycles. The summed E-state index contributed by atoms with van der Waals surface area (Å²) in [5, 5.41) is 0. The summed E-state index contributed by atoms with van der Waals surface area (Å²) in [6.07, 6.45) is 3.67. The van der Waals surface area contributed by atoms with Crippen molar-refractivity contribution in [3.63, 3.8) is 0 Å². The molecular formula is C16H8O7. The molecule has 0 N–H and O–H groups in total. The van der Waals surface area contributed by atoms with Gasteiger partial charge in [0.1, 0.15) is 11.5 Å². The second-order valence-corrected chi connectivity index (χ2v) is 5.27. The molecule has 0 atom stereocenters. The number of cyclic esters (lactones) is 4. The summed E-state index contributed by atoms with van der Waals surface area (Å²) < 4.78 is 14.3. The van der Waals surface area contributed by atoms with Gasteiger partial charge < -0.3 is 14.2 Å². The number of allylic oxidation sites excluding steroid dienone is 1. The van der Waals surface area contributed by atoms with Gasteiger partial charge in [0, 0.05) is 0 Å². The van der Waals surface area contributed by atoms with E-state index in [-0.39, 0.29) is 5.76 Å². The molecule has 0 bridgehead atoms. The number of carbonyl (C=O) groups is 4. The first-order valence-corrected chi connectivity index (χ1v) is 6.69. The van der Waals surface area contributed by atoms with Crippen LogP contribution in [0.4, 0.5) is 0 Å². The van der Waals surface area contributed by atoms with Crippen LogP contribution in [0.5, 0.6) is 5.75 Å². The van der Waals surface area contributed by atoms with E-state index in [2.05, 4.69) is 9.47 Å². The zero-order chi connectivity index (χ0) is 16.2. The highest BCUT2D eigenvalue weighted by Gasteiger charge is 2.81. The summed E-state index contributed by atoms with van der Waals surface area (Å²) >= 11 is 0. The predicted molar refractivity (Wildman–Crippen MR) is 71.4 cm³/mol. The zero-order valence-corrected chi connectivity index (χ0v) is 11.5. The zero-order valence-electron chi connectivity index (χ0n) is 11.5. The van der Waals surface area contributed by atoms with Crippen molar-refractivity contribution >= 4 is 23.9 Å². The highest BCUT2D eigenvalue weighted by atomic mass is 16.6. The Morgan fingerprint density at radius 2 is 1.35 bits per heavy atom. The summed E-state index contributed by atoms with van der Waals surface area (Å²) in [5.41, 5.74) is -4.03. The normalized spacial score (nSPS) is 22.9. The van der Waals surface area contributed by atoms with Crippen molar-refractivity contribution in [2.24, 2.45) is 10.8 Å². The van der Waals surface area contributed by atoms with Gasteiger partial charge in [0.05, 0.1) is 0 Å². The molecule has 2 aliphatic heterocycles. The number of fused-ring (bicyclic) bond motifs is 1. The minimum absolute atomic E-state index is 0.152. The van der Waals surface area contributed by atoms with Crippen molar-refractivity contribution in [3.8, 4) is 5.75 Å². The van der Waals surface area contributed by atoms with Crippen LogP contribution in [0.25, 0.3) is 0 Å². The van der Waals surface area contributed by atoms with Gasteiger partial charge in [-0.2, -0.15) is 0 Å². The minimum atomic E-state index is -2.04. The van der Waals surface area contributed by atoms with Crippen LogP contribution in [0, 0.1) is 10.8 Å². The smallest absolute Gasteiger partial charge is 0.337 e. The van der Waals surface area contributed by atoms with Crippen LogP contribution in [0.15, 0.2) is 54.3 Å². The first-order valence-electron chi connectivity index (χ1n) is 6.69. The summed E-state index contributed by atoms with van der Waals surface area (Å²) in [6.45, 7) is 0. The Balaban J connectivity index is 1.79. The van der Waals surface area contributed by atoms with Crippen molar-refractivity contribution in [1.29, 1.82) is 0 Å². The van der Waals surface area contributed by atoms with Gasteiger partial charge in [0.15, 0.2) is 0 Å². The van der Waals surface area contributed by atoms with Crippen molar-refractivity contribution in [3.05, 3.63) is 54.3 Å². The molecule has 4 rings (SSSR count). The van der Waals surface area contributed by atoms with Crippen molar-refractivity contribution < 1.29 is 33.4 Å². The van der Waals surface area contributed by atoms with E-state index in [4.69, 9.17) is 4.74 Å². The fraction of sp³-hybridized carbons (Fsp3) is 0.125. The Bertz CT molecular complexity index is 803. The molecule has 0 aromatic heterocycles. The number of para-hydroxylation sites is 1.